The first-order valence-corrected chi connectivity index (χ1v) is 8.21. The molecule has 1 aromatic rings. The summed E-state index contributed by atoms with van der Waals surface area (Å²) in [4.78, 5) is 1.34. The van der Waals surface area contributed by atoms with Gasteiger partial charge in [-0.05, 0) is 36.8 Å². The van der Waals surface area contributed by atoms with Gasteiger partial charge >= 0.3 is 0 Å². The van der Waals surface area contributed by atoms with Crippen LogP contribution < -0.4 is 5.73 Å². The predicted octanol–water partition coefficient (Wildman–Crippen LogP) is 4.32. The first-order valence-electron chi connectivity index (χ1n) is 7.23. The summed E-state index contributed by atoms with van der Waals surface area (Å²) in [5.41, 5.74) is 6.36. The maximum Gasteiger partial charge on any atom is 0.0162 e. The van der Waals surface area contributed by atoms with Crippen molar-refractivity contribution in [3.05, 3.63) is 30.3 Å². The Morgan fingerprint density at radius 2 is 1.83 bits per heavy atom. The van der Waals surface area contributed by atoms with E-state index in [4.69, 9.17) is 5.73 Å². The summed E-state index contributed by atoms with van der Waals surface area (Å²) in [6, 6.07) is 11.0. The van der Waals surface area contributed by atoms with Crippen LogP contribution in [0.3, 0.4) is 0 Å². The van der Waals surface area contributed by atoms with Crippen molar-refractivity contribution in [1.82, 2.24) is 0 Å². The van der Waals surface area contributed by atoms with Crippen molar-refractivity contribution in [3.8, 4) is 0 Å². The van der Waals surface area contributed by atoms with Crippen molar-refractivity contribution >= 4 is 11.8 Å². The molecule has 18 heavy (non-hydrogen) atoms. The highest BCUT2D eigenvalue weighted by Crippen LogP contribution is 2.33. The molecule has 1 aromatic carbocycles. The van der Waals surface area contributed by atoms with Crippen LogP contribution in [0.25, 0.3) is 0 Å². The summed E-state index contributed by atoms with van der Waals surface area (Å²) in [5.74, 6) is 2.78. The number of rotatable bonds is 5. The van der Waals surface area contributed by atoms with Crippen molar-refractivity contribution in [2.24, 2.45) is 17.6 Å². The summed E-state index contributed by atoms with van der Waals surface area (Å²) in [6.45, 7) is 2.32. The molecule has 2 N–H and O–H groups in total. The minimum Gasteiger partial charge on any atom is -0.327 e. The van der Waals surface area contributed by atoms with E-state index in [1.54, 1.807) is 0 Å². The van der Waals surface area contributed by atoms with Crippen molar-refractivity contribution in [2.75, 3.05) is 5.75 Å². The Hall–Kier alpha value is -0.470. The SMILES string of the molecule is CCC1CCC(C(N)CSc2ccccc2)CC1. The Morgan fingerprint density at radius 3 is 2.44 bits per heavy atom. The molecule has 0 aliphatic heterocycles. The highest BCUT2D eigenvalue weighted by Gasteiger charge is 2.24. The van der Waals surface area contributed by atoms with Crippen molar-refractivity contribution in [3.63, 3.8) is 0 Å². The summed E-state index contributed by atoms with van der Waals surface area (Å²) < 4.78 is 0. The molecule has 1 aliphatic rings. The van der Waals surface area contributed by atoms with Gasteiger partial charge in [-0.15, -0.1) is 11.8 Å². The number of hydrogen-bond acceptors (Lipinski definition) is 2. The second kappa shape index (κ2) is 7.20. The van der Waals surface area contributed by atoms with Crippen LogP contribution in [0.2, 0.25) is 0 Å². The maximum absolute atomic E-state index is 6.36. The van der Waals surface area contributed by atoms with E-state index in [0.717, 1.165) is 17.6 Å². The summed E-state index contributed by atoms with van der Waals surface area (Å²) >= 11 is 1.90. The molecule has 1 saturated carbocycles. The van der Waals surface area contributed by atoms with E-state index in [-0.39, 0.29) is 0 Å². The van der Waals surface area contributed by atoms with Gasteiger partial charge in [-0.2, -0.15) is 0 Å². The lowest BCUT2D eigenvalue weighted by Crippen LogP contribution is -2.35. The van der Waals surface area contributed by atoms with Crippen LogP contribution >= 0.6 is 11.8 Å². The molecule has 0 saturated heterocycles. The topological polar surface area (TPSA) is 26.0 Å². The Bertz CT molecular complexity index is 330. The van der Waals surface area contributed by atoms with E-state index in [1.165, 1.54) is 37.0 Å². The molecule has 2 heteroatoms. The molecule has 0 spiro atoms. The van der Waals surface area contributed by atoms with Gasteiger partial charge in [-0.25, -0.2) is 0 Å². The van der Waals surface area contributed by atoms with Gasteiger partial charge in [0.15, 0.2) is 0 Å². The average Bonchev–Trinajstić information content (AvgIpc) is 2.46. The molecule has 0 aromatic heterocycles. The fraction of sp³-hybridized carbons (Fsp3) is 0.625. The van der Waals surface area contributed by atoms with Gasteiger partial charge in [-0.1, -0.05) is 44.4 Å². The zero-order valence-electron chi connectivity index (χ0n) is 11.3. The van der Waals surface area contributed by atoms with Crippen molar-refractivity contribution < 1.29 is 0 Å². The Labute approximate surface area is 116 Å². The predicted molar refractivity (Wildman–Crippen MR) is 80.9 cm³/mol. The maximum atomic E-state index is 6.36. The van der Waals surface area contributed by atoms with E-state index in [2.05, 4.69) is 37.3 Å². The lowest BCUT2D eigenvalue weighted by molar-refractivity contribution is 0.247. The van der Waals surface area contributed by atoms with Gasteiger partial charge in [0.2, 0.25) is 0 Å². The fourth-order valence-corrected chi connectivity index (χ4v) is 3.88. The molecule has 2 rings (SSSR count). The molecule has 100 valence electrons. The number of benzene rings is 1. The van der Waals surface area contributed by atoms with E-state index in [1.807, 2.05) is 11.8 Å². The number of nitrogens with two attached hydrogens (primary N) is 1. The van der Waals surface area contributed by atoms with Crippen LogP contribution in [0.1, 0.15) is 39.0 Å². The Balaban J connectivity index is 1.73. The zero-order chi connectivity index (χ0) is 12.8. The van der Waals surface area contributed by atoms with Crippen LogP contribution in [0.5, 0.6) is 0 Å². The van der Waals surface area contributed by atoms with E-state index >= 15 is 0 Å². The fourth-order valence-electron chi connectivity index (χ4n) is 2.87. The quantitative estimate of drug-likeness (QED) is 0.801. The molecule has 1 unspecified atom stereocenters. The van der Waals surface area contributed by atoms with Crippen LogP contribution in [0.4, 0.5) is 0 Å². The van der Waals surface area contributed by atoms with Crippen LogP contribution in [-0.4, -0.2) is 11.8 Å². The van der Waals surface area contributed by atoms with Gasteiger partial charge in [-0.3, -0.25) is 0 Å². The zero-order valence-corrected chi connectivity index (χ0v) is 12.2. The standard InChI is InChI=1S/C16H25NS/c1-2-13-8-10-14(11-9-13)16(17)12-18-15-6-4-3-5-7-15/h3-7,13-14,16H,2,8-12,17H2,1H3. The first kappa shape index (κ1) is 14.0. The molecule has 0 amide bonds. The minimum absolute atomic E-state index is 0.369. The second-order valence-corrected chi connectivity index (χ2v) is 6.57. The molecule has 1 fully saturated rings. The highest BCUT2D eigenvalue weighted by molar-refractivity contribution is 7.99. The van der Waals surface area contributed by atoms with Crippen molar-refractivity contribution in [1.29, 1.82) is 0 Å². The monoisotopic (exact) mass is 263 g/mol. The molecule has 1 nitrogen and oxygen atoms in total. The largest absolute Gasteiger partial charge is 0.327 e. The van der Waals surface area contributed by atoms with Gasteiger partial charge in [0.1, 0.15) is 0 Å². The van der Waals surface area contributed by atoms with Crippen LogP contribution in [0.15, 0.2) is 35.2 Å². The minimum atomic E-state index is 0.369. The Morgan fingerprint density at radius 1 is 1.17 bits per heavy atom. The van der Waals surface area contributed by atoms with Gasteiger partial charge < -0.3 is 5.73 Å². The van der Waals surface area contributed by atoms with Gasteiger partial charge in [0.05, 0.1) is 0 Å². The molecule has 1 aliphatic carbocycles. The molecular formula is C16H25NS. The lowest BCUT2D eigenvalue weighted by Gasteiger charge is -2.31. The third-order valence-corrected chi connectivity index (χ3v) is 5.42. The third kappa shape index (κ3) is 4.03. The number of thioether (sulfide) groups is 1. The lowest BCUT2D eigenvalue weighted by atomic mass is 9.78. The average molecular weight is 263 g/mol. The van der Waals surface area contributed by atoms with Gasteiger partial charge in [0, 0.05) is 16.7 Å². The highest BCUT2D eigenvalue weighted by atomic mass is 32.2. The van der Waals surface area contributed by atoms with E-state index in [9.17, 15) is 0 Å². The second-order valence-electron chi connectivity index (χ2n) is 5.48. The molecule has 0 bridgehead atoms. The van der Waals surface area contributed by atoms with E-state index < -0.39 is 0 Å². The smallest absolute Gasteiger partial charge is 0.0162 e. The summed E-state index contributed by atoms with van der Waals surface area (Å²) in [7, 11) is 0. The third-order valence-electron chi connectivity index (χ3n) is 4.26. The van der Waals surface area contributed by atoms with Crippen LogP contribution in [-0.2, 0) is 0 Å². The summed E-state index contributed by atoms with van der Waals surface area (Å²) in [6.07, 6.45) is 6.82. The van der Waals surface area contributed by atoms with E-state index in [0.29, 0.717) is 6.04 Å². The van der Waals surface area contributed by atoms with Crippen LogP contribution in [0, 0.1) is 11.8 Å². The molecule has 0 radical (unpaired) electrons. The molecule has 0 heterocycles. The van der Waals surface area contributed by atoms with Gasteiger partial charge in [0.25, 0.3) is 0 Å². The first-order chi connectivity index (χ1) is 8.79. The van der Waals surface area contributed by atoms with Crippen molar-refractivity contribution in [2.45, 2.75) is 50.0 Å². The Kier molecular flexibility index (Phi) is 5.58. The summed E-state index contributed by atoms with van der Waals surface area (Å²) in [5, 5.41) is 0. The molecule has 1 atom stereocenters. The number of hydrogen-bond donors (Lipinski definition) is 1. The normalized spacial score (nSPS) is 25.9. The molecular weight excluding hydrogens is 238 g/mol.